The molecule has 1 aromatic carbocycles. The highest BCUT2D eigenvalue weighted by molar-refractivity contribution is 7.99. The number of H-pyrrole nitrogens is 1. The second-order valence-electron chi connectivity index (χ2n) is 5.34. The summed E-state index contributed by atoms with van der Waals surface area (Å²) < 4.78 is 5.82. The maximum Gasteiger partial charge on any atom is 0.267 e. The average Bonchev–Trinajstić information content (AvgIpc) is 2.95. The van der Waals surface area contributed by atoms with Gasteiger partial charge in [0.25, 0.3) is 5.91 Å². The number of carbonyl (C=O) groups is 1. The molecule has 1 heterocycles. The van der Waals surface area contributed by atoms with Crippen molar-refractivity contribution in [2.45, 2.75) is 44.9 Å². The van der Waals surface area contributed by atoms with E-state index < -0.39 is 6.10 Å². The molecule has 0 fully saturated rings. The van der Waals surface area contributed by atoms with E-state index in [9.17, 15) is 4.79 Å². The SMILES string of the molecule is CCSc1n[nH]c(NC(=O)C(C)Oc2ccccc2C(C)C)n1. The smallest absolute Gasteiger partial charge is 0.267 e. The number of nitrogens with zero attached hydrogens (tertiary/aromatic N) is 2. The van der Waals surface area contributed by atoms with Crippen LogP contribution in [-0.2, 0) is 4.79 Å². The third kappa shape index (κ3) is 4.72. The van der Waals surface area contributed by atoms with Gasteiger partial charge in [-0.05, 0) is 30.2 Å². The summed E-state index contributed by atoms with van der Waals surface area (Å²) >= 11 is 1.50. The molecule has 23 heavy (non-hydrogen) atoms. The van der Waals surface area contributed by atoms with Crippen LogP contribution in [0.15, 0.2) is 29.4 Å². The first-order valence-electron chi connectivity index (χ1n) is 7.63. The first kappa shape index (κ1) is 17.3. The number of hydrogen-bond acceptors (Lipinski definition) is 5. The number of aromatic amines is 1. The van der Waals surface area contributed by atoms with Crippen LogP contribution in [0.5, 0.6) is 5.75 Å². The quantitative estimate of drug-likeness (QED) is 0.758. The van der Waals surface area contributed by atoms with Crippen LogP contribution in [0, 0.1) is 0 Å². The van der Waals surface area contributed by atoms with Gasteiger partial charge >= 0.3 is 0 Å². The van der Waals surface area contributed by atoms with E-state index in [0.29, 0.717) is 17.0 Å². The summed E-state index contributed by atoms with van der Waals surface area (Å²) in [7, 11) is 0. The van der Waals surface area contributed by atoms with Gasteiger partial charge in [0.1, 0.15) is 5.75 Å². The summed E-state index contributed by atoms with van der Waals surface area (Å²) in [6.45, 7) is 7.91. The molecule has 0 saturated heterocycles. The largest absolute Gasteiger partial charge is 0.481 e. The van der Waals surface area contributed by atoms with Gasteiger partial charge in [0.15, 0.2) is 6.10 Å². The Balaban J connectivity index is 1.99. The summed E-state index contributed by atoms with van der Waals surface area (Å²) in [6.07, 6.45) is -0.637. The Morgan fingerprint density at radius 1 is 1.35 bits per heavy atom. The lowest BCUT2D eigenvalue weighted by Crippen LogP contribution is -2.30. The Kier molecular flexibility index (Phi) is 6.04. The number of benzene rings is 1. The molecule has 0 bridgehead atoms. The number of thioether (sulfide) groups is 1. The van der Waals surface area contributed by atoms with Gasteiger partial charge in [0.05, 0.1) is 0 Å². The normalized spacial score (nSPS) is 12.2. The van der Waals surface area contributed by atoms with Crippen LogP contribution in [0.3, 0.4) is 0 Å². The maximum atomic E-state index is 12.2. The molecule has 2 N–H and O–H groups in total. The number of nitrogens with one attached hydrogen (secondary N) is 2. The average molecular weight is 334 g/mol. The Morgan fingerprint density at radius 3 is 2.78 bits per heavy atom. The van der Waals surface area contributed by atoms with Crippen molar-refractivity contribution in [2.24, 2.45) is 0 Å². The molecule has 1 atom stereocenters. The number of ether oxygens (including phenoxy) is 1. The minimum Gasteiger partial charge on any atom is -0.481 e. The van der Waals surface area contributed by atoms with Crippen molar-refractivity contribution in [2.75, 3.05) is 11.1 Å². The first-order chi connectivity index (χ1) is 11.0. The number of anilines is 1. The Labute approximate surface area is 140 Å². The van der Waals surface area contributed by atoms with Gasteiger partial charge in [-0.3, -0.25) is 10.1 Å². The molecular weight excluding hydrogens is 312 g/mol. The van der Waals surface area contributed by atoms with Crippen molar-refractivity contribution in [1.29, 1.82) is 0 Å². The number of carbonyl (C=O) groups excluding carboxylic acids is 1. The van der Waals surface area contributed by atoms with Gasteiger partial charge in [-0.15, -0.1) is 5.10 Å². The van der Waals surface area contributed by atoms with Gasteiger partial charge < -0.3 is 4.74 Å². The lowest BCUT2D eigenvalue weighted by Gasteiger charge is -2.18. The van der Waals surface area contributed by atoms with Crippen LogP contribution in [0.4, 0.5) is 5.95 Å². The Bertz CT molecular complexity index is 657. The van der Waals surface area contributed by atoms with Gasteiger partial charge in [-0.1, -0.05) is 50.7 Å². The Morgan fingerprint density at radius 2 is 2.09 bits per heavy atom. The highest BCUT2D eigenvalue weighted by atomic mass is 32.2. The van der Waals surface area contributed by atoms with E-state index in [1.165, 1.54) is 11.8 Å². The van der Waals surface area contributed by atoms with Crippen LogP contribution in [0.1, 0.15) is 39.2 Å². The number of hydrogen-bond donors (Lipinski definition) is 2. The molecular formula is C16H22N4O2S. The summed E-state index contributed by atoms with van der Waals surface area (Å²) in [4.78, 5) is 16.4. The molecule has 2 aromatic rings. The van der Waals surface area contributed by atoms with E-state index in [1.54, 1.807) is 6.92 Å². The maximum absolute atomic E-state index is 12.2. The zero-order chi connectivity index (χ0) is 16.8. The van der Waals surface area contributed by atoms with Crippen LogP contribution in [-0.4, -0.2) is 32.9 Å². The molecule has 0 radical (unpaired) electrons. The molecule has 0 saturated carbocycles. The number of aromatic nitrogens is 3. The van der Waals surface area contributed by atoms with E-state index in [4.69, 9.17) is 4.74 Å². The zero-order valence-corrected chi connectivity index (χ0v) is 14.6. The van der Waals surface area contributed by atoms with Gasteiger partial charge in [-0.2, -0.15) is 4.98 Å². The minimum absolute atomic E-state index is 0.271. The van der Waals surface area contributed by atoms with Crippen molar-refractivity contribution >= 4 is 23.6 Å². The number of para-hydroxylation sites is 1. The summed E-state index contributed by atoms with van der Waals surface area (Å²) in [5, 5.41) is 10.0. The van der Waals surface area contributed by atoms with Crippen LogP contribution < -0.4 is 10.1 Å². The highest BCUT2D eigenvalue weighted by Crippen LogP contribution is 2.26. The van der Waals surface area contributed by atoms with E-state index >= 15 is 0 Å². The third-order valence-electron chi connectivity index (χ3n) is 3.19. The standard InChI is InChI=1S/C16H22N4O2S/c1-5-23-16-18-15(19-20-16)17-14(21)11(4)22-13-9-7-6-8-12(13)10(2)3/h6-11H,5H2,1-4H3,(H2,17,18,19,20,21). The molecule has 7 heteroatoms. The predicted molar refractivity (Wildman–Crippen MR) is 92.0 cm³/mol. The first-order valence-corrected chi connectivity index (χ1v) is 8.61. The molecule has 0 spiro atoms. The summed E-state index contributed by atoms with van der Waals surface area (Å²) in [5.41, 5.74) is 1.08. The van der Waals surface area contributed by atoms with E-state index in [1.807, 2.05) is 31.2 Å². The minimum atomic E-state index is -0.637. The van der Waals surface area contributed by atoms with Gasteiger partial charge in [0.2, 0.25) is 11.1 Å². The Hall–Kier alpha value is -2.02. The van der Waals surface area contributed by atoms with Crippen LogP contribution in [0.2, 0.25) is 0 Å². The monoisotopic (exact) mass is 334 g/mol. The second kappa shape index (κ2) is 8.01. The van der Waals surface area contributed by atoms with E-state index in [-0.39, 0.29) is 5.91 Å². The molecule has 1 amide bonds. The third-order valence-corrected chi connectivity index (χ3v) is 3.92. The van der Waals surface area contributed by atoms with E-state index in [2.05, 4.69) is 34.3 Å². The summed E-state index contributed by atoms with van der Waals surface area (Å²) in [5.74, 6) is 1.98. The topological polar surface area (TPSA) is 79.9 Å². The fourth-order valence-electron chi connectivity index (χ4n) is 2.02. The fraction of sp³-hybridized carbons (Fsp3) is 0.438. The highest BCUT2D eigenvalue weighted by Gasteiger charge is 2.18. The molecule has 0 aliphatic carbocycles. The van der Waals surface area contributed by atoms with Crippen LogP contribution >= 0.6 is 11.8 Å². The van der Waals surface area contributed by atoms with Crippen molar-refractivity contribution in [3.05, 3.63) is 29.8 Å². The number of amides is 1. The van der Waals surface area contributed by atoms with Crippen LogP contribution in [0.25, 0.3) is 0 Å². The fourth-order valence-corrected chi connectivity index (χ4v) is 2.55. The molecule has 0 aliphatic rings. The lowest BCUT2D eigenvalue weighted by atomic mass is 10.0. The predicted octanol–water partition coefficient (Wildman–Crippen LogP) is 3.45. The molecule has 1 aromatic heterocycles. The van der Waals surface area contributed by atoms with Gasteiger partial charge in [-0.25, -0.2) is 5.10 Å². The second-order valence-corrected chi connectivity index (χ2v) is 6.57. The zero-order valence-electron chi connectivity index (χ0n) is 13.8. The van der Waals surface area contributed by atoms with Crippen molar-refractivity contribution in [1.82, 2.24) is 15.2 Å². The van der Waals surface area contributed by atoms with Crippen molar-refractivity contribution in [3.8, 4) is 5.75 Å². The molecule has 2 rings (SSSR count). The molecule has 6 nitrogen and oxygen atoms in total. The molecule has 0 aliphatic heterocycles. The molecule has 1 unspecified atom stereocenters. The van der Waals surface area contributed by atoms with Crippen molar-refractivity contribution in [3.63, 3.8) is 0 Å². The van der Waals surface area contributed by atoms with E-state index in [0.717, 1.165) is 17.1 Å². The number of rotatable bonds is 7. The molecule has 124 valence electrons. The van der Waals surface area contributed by atoms with Gasteiger partial charge in [0, 0.05) is 0 Å². The lowest BCUT2D eigenvalue weighted by molar-refractivity contribution is -0.122. The summed E-state index contributed by atoms with van der Waals surface area (Å²) in [6, 6.07) is 7.75. The van der Waals surface area contributed by atoms with Crippen molar-refractivity contribution < 1.29 is 9.53 Å².